The van der Waals surface area contributed by atoms with Crippen LogP contribution in [0.1, 0.15) is 64.3 Å². The maximum absolute atomic E-state index is 13.0. The number of nitrogens with zero attached hydrogens (tertiary/aromatic N) is 2. The monoisotopic (exact) mass is 746 g/mol. The van der Waals surface area contributed by atoms with E-state index < -0.39 is 48.2 Å². The van der Waals surface area contributed by atoms with Crippen LogP contribution in [0.2, 0.25) is 0 Å². The van der Waals surface area contributed by atoms with Crippen LogP contribution in [0.5, 0.6) is 0 Å². The molecule has 4 aromatic rings. The maximum atomic E-state index is 13.0. The Hall–Kier alpha value is -5.74. The number of hydrogen-bond donors (Lipinski definition) is 8. The minimum Gasteiger partial charge on any atom is -0.465 e. The number of carbonyl (C=O) groups is 4. The third-order valence-electron chi connectivity index (χ3n) is 8.88. The summed E-state index contributed by atoms with van der Waals surface area (Å²) in [5, 5.41) is 28.8. The second-order valence-corrected chi connectivity index (χ2v) is 13.5. The van der Waals surface area contributed by atoms with Gasteiger partial charge in [-0.05, 0) is 34.1 Å². The Morgan fingerprint density at radius 3 is 1.22 bits per heavy atom. The van der Waals surface area contributed by atoms with E-state index in [2.05, 4.69) is 41.2 Å². The van der Waals surface area contributed by atoms with E-state index in [4.69, 9.17) is 9.47 Å². The van der Waals surface area contributed by atoms with Crippen molar-refractivity contribution in [2.75, 3.05) is 27.4 Å². The van der Waals surface area contributed by atoms with E-state index in [1.807, 2.05) is 76.2 Å². The molecule has 0 saturated heterocycles. The van der Waals surface area contributed by atoms with Gasteiger partial charge in [0.05, 0.1) is 35.9 Å². The van der Waals surface area contributed by atoms with Crippen LogP contribution in [0, 0.1) is 11.8 Å². The fourth-order valence-corrected chi connectivity index (χ4v) is 5.88. The van der Waals surface area contributed by atoms with Gasteiger partial charge in [0.15, 0.2) is 0 Å². The number of amides is 4. The number of imidazole rings is 2. The SMILES string of the molecule is COCC[C@H](NC(=O)O)C(=O)N[C@H](c1ncc(-c2ccc(-c3ccc(-c4cnc([C@@H](NC(=O)[C@H](CCOC)NC(=O)O)C(C)C)[nH]4)cc3)cc2)[nH]1)C(C)C. The number of methoxy groups -OCH3 is 2. The largest absolute Gasteiger partial charge is 0.465 e. The molecule has 8 N–H and O–H groups in total. The van der Waals surface area contributed by atoms with Gasteiger partial charge in [0.2, 0.25) is 11.8 Å². The van der Waals surface area contributed by atoms with Crippen molar-refractivity contribution in [3.05, 3.63) is 72.6 Å². The summed E-state index contributed by atoms with van der Waals surface area (Å²) in [5.41, 5.74) is 5.32. The van der Waals surface area contributed by atoms with E-state index in [1.165, 1.54) is 14.2 Å². The van der Waals surface area contributed by atoms with Crippen molar-refractivity contribution in [3.8, 4) is 33.6 Å². The predicted molar refractivity (Wildman–Crippen MR) is 201 cm³/mol. The molecule has 4 rings (SSSR count). The van der Waals surface area contributed by atoms with E-state index in [1.54, 1.807) is 12.4 Å². The van der Waals surface area contributed by atoms with Gasteiger partial charge in [-0.25, -0.2) is 19.6 Å². The molecule has 0 spiro atoms. The Morgan fingerprint density at radius 1 is 0.593 bits per heavy atom. The molecule has 16 nitrogen and oxygen atoms in total. The average molecular weight is 747 g/mol. The molecule has 4 atom stereocenters. The molecular weight excluding hydrogens is 696 g/mol. The summed E-state index contributed by atoms with van der Waals surface area (Å²) in [4.78, 5) is 64.3. The van der Waals surface area contributed by atoms with Gasteiger partial charge in [0, 0.05) is 40.3 Å². The standard InChI is InChI=1S/C38H50N8O8/c1-21(2)31(45-35(47)27(15-17-53-5)43-37(49)50)33-39-19-29(41-33)25-11-7-23(8-12-25)24-9-13-26(14-10-24)30-20-40-34(42-30)32(22(3)4)46-36(48)28(16-18-54-6)44-38(51)52/h7-14,19-22,27-28,31-32,43-44H,15-18H2,1-6H3,(H,39,41)(H,40,42)(H,45,47)(H,46,48)(H,49,50)(H,51,52)/t27-,28-,31-,32-/m0/s1. The van der Waals surface area contributed by atoms with Gasteiger partial charge >= 0.3 is 12.2 Å². The first-order chi connectivity index (χ1) is 25.8. The highest BCUT2D eigenvalue weighted by Crippen LogP contribution is 2.29. The number of rotatable bonds is 19. The van der Waals surface area contributed by atoms with Crippen LogP contribution in [-0.2, 0) is 19.1 Å². The van der Waals surface area contributed by atoms with Gasteiger partial charge in [-0.1, -0.05) is 76.2 Å². The van der Waals surface area contributed by atoms with E-state index in [9.17, 15) is 29.4 Å². The van der Waals surface area contributed by atoms with Crippen molar-refractivity contribution < 1.29 is 38.9 Å². The summed E-state index contributed by atoms with van der Waals surface area (Å²) in [5.74, 6) is 0.113. The van der Waals surface area contributed by atoms with Gasteiger partial charge < -0.3 is 50.9 Å². The molecule has 290 valence electrons. The number of ether oxygens (including phenoxy) is 2. The van der Waals surface area contributed by atoms with Gasteiger partial charge in [-0.2, -0.15) is 0 Å². The molecule has 0 aliphatic carbocycles. The van der Waals surface area contributed by atoms with Crippen LogP contribution < -0.4 is 21.3 Å². The Kier molecular flexibility index (Phi) is 14.7. The molecule has 0 saturated carbocycles. The first kappa shape index (κ1) is 41.0. The first-order valence-corrected chi connectivity index (χ1v) is 17.7. The van der Waals surface area contributed by atoms with E-state index in [0.717, 1.165) is 33.6 Å². The molecule has 2 heterocycles. The number of benzene rings is 2. The first-order valence-electron chi connectivity index (χ1n) is 17.7. The van der Waals surface area contributed by atoms with Crippen molar-refractivity contribution in [1.82, 2.24) is 41.2 Å². The fourth-order valence-electron chi connectivity index (χ4n) is 5.88. The van der Waals surface area contributed by atoms with Gasteiger partial charge in [0.25, 0.3) is 0 Å². The lowest BCUT2D eigenvalue weighted by molar-refractivity contribution is -0.125. The smallest absolute Gasteiger partial charge is 0.405 e. The molecule has 0 radical (unpaired) electrons. The number of aromatic amines is 2. The average Bonchev–Trinajstić information content (AvgIpc) is 3.83. The molecule has 2 aromatic heterocycles. The normalized spacial score (nSPS) is 13.6. The van der Waals surface area contributed by atoms with Crippen LogP contribution in [-0.4, -0.2) is 93.7 Å². The Labute approximate surface area is 313 Å². The summed E-state index contributed by atoms with van der Waals surface area (Å²) >= 11 is 0. The van der Waals surface area contributed by atoms with E-state index >= 15 is 0 Å². The van der Waals surface area contributed by atoms with Gasteiger partial charge in [-0.3, -0.25) is 9.59 Å². The fraction of sp³-hybridized carbons (Fsp3) is 0.421. The highest BCUT2D eigenvalue weighted by Gasteiger charge is 2.28. The zero-order valence-corrected chi connectivity index (χ0v) is 31.3. The molecule has 2 aromatic carbocycles. The summed E-state index contributed by atoms with van der Waals surface area (Å²) in [6, 6.07) is 13.1. The molecule has 0 bridgehead atoms. The van der Waals surface area contributed by atoms with Gasteiger partial charge in [-0.15, -0.1) is 0 Å². The molecule has 0 unspecified atom stereocenters. The second-order valence-electron chi connectivity index (χ2n) is 13.5. The van der Waals surface area contributed by atoms with E-state index in [-0.39, 0.29) is 37.9 Å². The molecule has 0 aliphatic heterocycles. The number of carboxylic acid groups (broad SMARTS) is 2. The number of aromatic nitrogens is 4. The van der Waals surface area contributed by atoms with Crippen molar-refractivity contribution in [1.29, 1.82) is 0 Å². The number of H-pyrrole nitrogens is 2. The third kappa shape index (κ3) is 11.1. The van der Waals surface area contributed by atoms with Crippen molar-refractivity contribution in [2.24, 2.45) is 11.8 Å². The third-order valence-corrected chi connectivity index (χ3v) is 8.88. The second kappa shape index (κ2) is 19.4. The lowest BCUT2D eigenvalue weighted by Crippen LogP contribution is -2.48. The molecule has 0 aliphatic rings. The number of nitrogens with one attached hydrogen (secondary N) is 6. The summed E-state index contributed by atoms with van der Waals surface area (Å²) in [6.07, 6.45) is 1.21. The summed E-state index contributed by atoms with van der Waals surface area (Å²) < 4.78 is 10.1. The van der Waals surface area contributed by atoms with E-state index in [0.29, 0.717) is 11.6 Å². The van der Waals surface area contributed by atoms with Crippen LogP contribution in [0.25, 0.3) is 33.6 Å². The molecule has 54 heavy (non-hydrogen) atoms. The molecule has 16 heteroatoms. The Balaban J connectivity index is 1.44. The zero-order valence-electron chi connectivity index (χ0n) is 31.3. The van der Waals surface area contributed by atoms with Crippen LogP contribution in [0.15, 0.2) is 60.9 Å². The van der Waals surface area contributed by atoms with Crippen molar-refractivity contribution >= 4 is 24.0 Å². The Bertz CT molecular complexity index is 1700. The summed E-state index contributed by atoms with van der Waals surface area (Å²) in [7, 11) is 2.97. The molecule has 4 amide bonds. The predicted octanol–water partition coefficient (Wildman–Crippen LogP) is 5.11. The highest BCUT2D eigenvalue weighted by atomic mass is 16.5. The molecule has 0 fully saturated rings. The lowest BCUT2D eigenvalue weighted by Gasteiger charge is -2.24. The van der Waals surface area contributed by atoms with Crippen molar-refractivity contribution in [3.63, 3.8) is 0 Å². The Morgan fingerprint density at radius 2 is 0.926 bits per heavy atom. The zero-order chi connectivity index (χ0) is 39.4. The number of hydrogen-bond acceptors (Lipinski definition) is 8. The maximum Gasteiger partial charge on any atom is 0.405 e. The number of carbonyl (C=O) groups excluding carboxylic acids is 2. The lowest BCUT2D eigenvalue weighted by atomic mass is 10.0. The summed E-state index contributed by atoms with van der Waals surface area (Å²) in [6.45, 7) is 8.22. The van der Waals surface area contributed by atoms with Crippen LogP contribution in [0.3, 0.4) is 0 Å². The van der Waals surface area contributed by atoms with Gasteiger partial charge in [0.1, 0.15) is 23.7 Å². The topological polar surface area (TPSA) is 233 Å². The minimum absolute atomic E-state index is 0.0379. The minimum atomic E-state index is -1.29. The van der Waals surface area contributed by atoms with Crippen LogP contribution in [0.4, 0.5) is 9.59 Å². The van der Waals surface area contributed by atoms with Crippen molar-refractivity contribution in [2.45, 2.75) is 64.7 Å². The van der Waals surface area contributed by atoms with Crippen LogP contribution >= 0.6 is 0 Å². The quantitative estimate of drug-likeness (QED) is 0.0632. The highest BCUT2D eigenvalue weighted by molar-refractivity contribution is 5.86. The molecular formula is C38H50N8O8.